The van der Waals surface area contributed by atoms with Crippen molar-refractivity contribution in [3.63, 3.8) is 0 Å². The van der Waals surface area contributed by atoms with Crippen molar-refractivity contribution in [3.8, 4) is 17.6 Å². The SMILES string of the molecule is Cc1ccc(C#N)cc1Oc1ccccc1[C@@H](C)N. The van der Waals surface area contributed by atoms with E-state index in [1.807, 2.05) is 44.2 Å². The predicted octanol–water partition coefficient (Wildman–Crippen LogP) is 3.68. The third-order valence-corrected chi connectivity index (χ3v) is 2.95. The first-order chi connectivity index (χ1) is 9.11. The lowest BCUT2D eigenvalue weighted by Crippen LogP contribution is -2.06. The number of hydrogen-bond donors (Lipinski definition) is 1. The molecule has 0 bridgehead atoms. The van der Waals surface area contributed by atoms with Crippen LogP contribution in [0.1, 0.15) is 29.7 Å². The van der Waals surface area contributed by atoms with Crippen molar-refractivity contribution < 1.29 is 4.74 Å². The molecule has 3 heteroatoms. The fourth-order valence-electron chi connectivity index (χ4n) is 1.85. The summed E-state index contributed by atoms with van der Waals surface area (Å²) < 4.78 is 5.91. The molecule has 2 aromatic rings. The van der Waals surface area contributed by atoms with Crippen LogP contribution in [-0.4, -0.2) is 0 Å². The molecule has 2 aromatic carbocycles. The van der Waals surface area contributed by atoms with Gasteiger partial charge in [-0.2, -0.15) is 5.26 Å². The van der Waals surface area contributed by atoms with Gasteiger partial charge in [-0.05, 0) is 37.6 Å². The quantitative estimate of drug-likeness (QED) is 0.906. The fraction of sp³-hybridized carbons (Fsp3) is 0.188. The summed E-state index contributed by atoms with van der Waals surface area (Å²) in [4.78, 5) is 0. The number of nitrogens with two attached hydrogens (primary N) is 1. The Morgan fingerprint density at radius 1 is 1.16 bits per heavy atom. The molecule has 0 aliphatic heterocycles. The highest BCUT2D eigenvalue weighted by Gasteiger charge is 2.09. The number of hydrogen-bond acceptors (Lipinski definition) is 3. The minimum atomic E-state index is -0.101. The van der Waals surface area contributed by atoms with Crippen LogP contribution in [0.3, 0.4) is 0 Å². The minimum Gasteiger partial charge on any atom is -0.457 e. The molecule has 0 saturated heterocycles. The third kappa shape index (κ3) is 2.93. The third-order valence-electron chi connectivity index (χ3n) is 2.95. The molecular weight excluding hydrogens is 236 g/mol. The van der Waals surface area contributed by atoms with Crippen molar-refractivity contribution in [1.82, 2.24) is 0 Å². The van der Waals surface area contributed by atoms with Gasteiger partial charge >= 0.3 is 0 Å². The Bertz CT molecular complexity index is 627. The van der Waals surface area contributed by atoms with Gasteiger partial charge in [0.05, 0.1) is 11.6 Å². The lowest BCUT2D eigenvalue weighted by atomic mass is 10.1. The van der Waals surface area contributed by atoms with E-state index in [1.165, 1.54) is 0 Å². The molecule has 0 spiro atoms. The smallest absolute Gasteiger partial charge is 0.132 e. The summed E-state index contributed by atoms with van der Waals surface area (Å²) >= 11 is 0. The maximum atomic E-state index is 8.94. The van der Waals surface area contributed by atoms with Gasteiger partial charge in [-0.1, -0.05) is 24.3 Å². The van der Waals surface area contributed by atoms with E-state index < -0.39 is 0 Å². The van der Waals surface area contributed by atoms with E-state index in [0.717, 1.165) is 16.9 Å². The summed E-state index contributed by atoms with van der Waals surface area (Å²) in [7, 11) is 0. The van der Waals surface area contributed by atoms with Gasteiger partial charge in [-0.25, -0.2) is 0 Å². The first kappa shape index (κ1) is 13.1. The maximum absolute atomic E-state index is 8.94. The monoisotopic (exact) mass is 252 g/mol. The number of para-hydroxylation sites is 1. The summed E-state index contributed by atoms with van der Waals surface area (Å²) in [6.45, 7) is 3.87. The second-order valence-corrected chi connectivity index (χ2v) is 4.52. The molecule has 1 atom stereocenters. The Hall–Kier alpha value is -2.31. The molecule has 0 aliphatic carbocycles. The molecule has 0 aromatic heterocycles. The maximum Gasteiger partial charge on any atom is 0.132 e. The van der Waals surface area contributed by atoms with Gasteiger partial charge in [-0.3, -0.25) is 0 Å². The topological polar surface area (TPSA) is 59.0 Å². The van der Waals surface area contributed by atoms with E-state index in [1.54, 1.807) is 12.1 Å². The van der Waals surface area contributed by atoms with E-state index in [4.69, 9.17) is 15.7 Å². The van der Waals surface area contributed by atoms with E-state index >= 15 is 0 Å². The molecule has 19 heavy (non-hydrogen) atoms. The Morgan fingerprint density at radius 2 is 1.89 bits per heavy atom. The molecular formula is C16H16N2O. The Kier molecular flexibility index (Phi) is 3.84. The summed E-state index contributed by atoms with van der Waals surface area (Å²) in [6, 6.07) is 15.1. The van der Waals surface area contributed by atoms with Gasteiger partial charge in [0.25, 0.3) is 0 Å². The summed E-state index contributed by atoms with van der Waals surface area (Å²) in [5, 5.41) is 8.94. The number of rotatable bonds is 3. The van der Waals surface area contributed by atoms with Crippen molar-refractivity contribution in [3.05, 3.63) is 59.2 Å². The number of aryl methyl sites for hydroxylation is 1. The van der Waals surface area contributed by atoms with Crippen molar-refractivity contribution in [2.45, 2.75) is 19.9 Å². The van der Waals surface area contributed by atoms with Crippen LogP contribution in [0.4, 0.5) is 0 Å². The molecule has 0 amide bonds. The first-order valence-electron chi connectivity index (χ1n) is 6.15. The fourth-order valence-corrected chi connectivity index (χ4v) is 1.85. The van der Waals surface area contributed by atoms with Crippen LogP contribution in [-0.2, 0) is 0 Å². The van der Waals surface area contributed by atoms with Crippen molar-refractivity contribution >= 4 is 0 Å². The minimum absolute atomic E-state index is 0.101. The highest BCUT2D eigenvalue weighted by atomic mass is 16.5. The molecule has 0 aliphatic rings. The number of ether oxygens (including phenoxy) is 1. The van der Waals surface area contributed by atoms with Crippen molar-refractivity contribution in [1.29, 1.82) is 5.26 Å². The van der Waals surface area contributed by atoms with Crippen LogP contribution >= 0.6 is 0 Å². The zero-order valence-electron chi connectivity index (χ0n) is 11.1. The van der Waals surface area contributed by atoms with Gasteiger partial charge in [0, 0.05) is 11.6 Å². The number of benzene rings is 2. The van der Waals surface area contributed by atoms with Crippen LogP contribution < -0.4 is 10.5 Å². The largest absolute Gasteiger partial charge is 0.457 e. The Labute approximate surface area is 113 Å². The van der Waals surface area contributed by atoms with Crippen LogP contribution in [0.25, 0.3) is 0 Å². The average molecular weight is 252 g/mol. The molecule has 0 fully saturated rings. The van der Waals surface area contributed by atoms with Crippen LogP contribution in [0.2, 0.25) is 0 Å². The molecule has 2 rings (SSSR count). The lowest BCUT2D eigenvalue weighted by Gasteiger charge is -2.15. The predicted molar refractivity (Wildman–Crippen MR) is 75.0 cm³/mol. The van der Waals surface area contributed by atoms with Gasteiger partial charge in [0.1, 0.15) is 11.5 Å². The Balaban J connectivity index is 2.39. The van der Waals surface area contributed by atoms with E-state index in [9.17, 15) is 0 Å². The number of nitriles is 1. The highest BCUT2D eigenvalue weighted by Crippen LogP contribution is 2.30. The molecule has 96 valence electrons. The second kappa shape index (κ2) is 5.55. The number of nitrogens with zero attached hydrogens (tertiary/aromatic N) is 1. The van der Waals surface area contributed by atoms with Crippen molar-refractivity contribution in [2.75, 3.05) is 0 Å². The molecule has 2 N–H and O–H groups in total. The Morgan fingerprint density at radius 3 is 2.58 bits per heavy atom. The van der Waals surface area contributed by atoms with Gasteiger partial charge in [-0.15, -0.1) is 0 Å². The van der Waals surface area contributed by atoms with E-state index in [2.05, 4.69) is 6.07 Å². The summed E-state index contributed by atoms with van der Waals surface area (Å²) in [6.07, 6.45) is 0. The molecule has 0 saturated carbocycles. The molecule has 0 radical (unpaired) electrons. The highest BCUT2D eigenvalue weighted by molar-refractivity contribution is 5.46. The van der Waals surface area contributed by atoms with E-state index in [-0.39, 0.29) is 6.04 Å². The molecule has 3 nitrogen and oxygen atoms in total. The zero-order valence-corrected chi connectivity index (χ0v) is 11.1. The van der Waals surface area contributed by atoms with Gasteiger partial charge in [0.15, 0.2) is 0 Å². The normalized spacial score (nSPS) is 11.7. The van der Waals surface area contributed by atoms with E-state index in [0.29, 0.717) is 11.3 Å². The molecule has 0 unspecified atom stereocenters. The summed E-state index contributed by atoms with van der Waals surface area (Å²) in [5.41, 5.74) is 8.45. The second-order valence-electron chi connectivity index (χ2n) is 4.52. The first-order valence-corrected chi connectivity index (χ1v) is 6.15. The van der Waals surface area contributed by atoms with Crippen LogP contribution in [0.15, 0.2) is 42.5 Å². The lowest BCUT2D eigenvalue weighted by molar-refractivity contribution is 0.468. The standard InChI is InChI=1S/C16H16N2O/c1-11-7-8-13(10-17)9-16(11)19-15-6-4-3-5-14(15)12(2)18/h3-9,12H,18H2,1-2H3/t12-/m1/s1. The average Bonchev–Trinajstić information content (AvgIpc) is 2.41. The zero-order chi connectivity index (χ0) is 13.8. The molecule has 0 heterocycles. The van der Waals surface area contributed by atoms with Crippen LogP contribution in [0.5, 0.6) is 11.5 Å². The summed E-state index contributed by atoms with van der Waals surface area (Å²) in [5.74, 6) is 1.42. The van der Waals surface area contributed by atoms with Crippen molar-refractivity contribution in [2.24, 2.45) is 5.73 Å². The van der Waals surface area contributed by atoms with Crippen LogP contribution in [0, 0.1) is 18.3 Å². The van der Waals surface area contributed by atoms with Gasteiger partial charge < -0.3 is 10.5 Å². The van der Waals surface area contributed by atoms with Gasteiger partial charge in [0.2, 0.25) is 0 Å².